The van der Waals surface area contributed by atoms with Gasteiger partial charge in [-0.3, -0.25) is 4.55 Å². The lowest BCUT2D eigenvalue weighted by molar-refractivity contribution is -0.461. The van der Waals surface area contributed by atoms with Gasteiger partial charge in [0.2, 0.25) is 0 Å². The van der Waals surface area contributed by atoms with Crippen LogP contribution in [0.15, 0.2) is 0 Å². The lowest BCUT2D eigenvalue weighted by Crippen LogP contribution is -2.79. The molecule has 0 heterocycles. The largest absolute Gasteiger partial charge is 0.460 e. The molecule has 1 unspecified atom stereocenters. The molecule has 21 heteroatoms. The maximum Gasteiger partial charge on any atom is 0.460 e. The van der Waals surface area contributed by atoms with Crippen LogP contribution in [0.1, 0.15) is 0 Å². The van der Waals surface area contributed by atoms with Crippen LogP contribution in [0.25, 0.3) is 0 Å². The van der Waals surface area contributed by atoms with Gasteiger partial charge >= 0.3 is 57.1 Å². The van der Waals surface area contributed by atoms with Crippen molar-refractivity contribution in [2.24, 2.45) is 0 Å². The van der Waals surface area contributed by atoms with Gasteiger partial charge in [0.15, 0.2) is 0 Å². The van der Waals surface area contributed by atoms with E-state index in [9.17, 15) is 83.1 Å². The van der Waals surface area contributed by atoms with E-state index in [-0.39, 0.29) is 0 Å². The van der Waals surface area contributed by atoms with Crippen LogP contribution >= 0.6 is 0 Å². The van der Waals surface area contributed by atoms with Gasteiger partial charge in [0.05, 0.1) is 0 Å². The van der Waals surface area contributed by atoms with Gasteiger partial charge in [-0.25, -0.2) is 4.39 Å². The molecular formula is C8HF17O3S. The number of hydrogen-bond acceptors (Lipinski definition) is 2. The molecule has 0 aromatic heterocycles. The maximum atomic E-state index is 13.6. The molecule has 0 aliphatic heterocycles. The molecule has 1 atom stereocenters. The van der Waals surface area contributed by atoms with Crippen LogP contribution in [0.5, 0.6) is 0 Å². The van der Waals surface area contributed by atoms with Gasteiger partial charge in [-0.1, -0.05) is 0 Å². The molecule has 0 spiro atoms. The second kappa shape index (κ2) is 6.36. The molecule has 3 nitrogen and oxygen atoms in total. The highest BCUT2D eigenvalue weighted by Crippen LogP contribution is 2.66. The number of rotatable bonds is 6. The molecule has 29 heavy (non-hydrogen) atoms. The van der Waals surface area contributed by atoms with E-state index in [2.05, 4.69) is 0 Å². The van der Waals surface area contributed by atoms with E-state index in [1.165, 1.54) is 0 Å². The van der Waals surface area contributed by atoms with E-state index >= 15 is 0 Å². The highest BCUT2D eigenvalue weighted by atomic mass is 32.2. The average Bonchev–Trinajstić information content (AvgIpc) is 2.41. The molecular weight excluding hydrogens is 499 g/mol. The minimum Gasteiger partial charge on any atom is -0.281 e. The maximum absolute atomic E-state index is 13.6. The van der Waals surface area contributed by atoms with Crippen molar-refractivity contribution in [1.29, 1.82) is 0 Å². The predicted molar refractivity (Wildman–Crippen MR) is 52.2 cm³/mol. The van der Waals surface area contributed by atoms with Crippen LogP contribution < -0.4 is 0 Å². The first-order valence-corrected chi connectivity index (χ1v) is 7.12. The standard InChI is InChI=1S/C8HF17O3S/c9-1(6(18,19)20,3(12,13)8(24,25)29(26,27)28)2(10,11)4(14,15)5(16,17)7(21,22)23/h(H,26,27,28). The summed E-state index contributed by atoms with van der Waals surface area (Å²) in [6, 6.07) is 0. The van der Waals surface area contributed by atoms with Crippen molar-refractivity contribution in [1.82, 2.24) is 0 Å². The van der Waals surface area contributed by atoms with Crippen molar-refractivity contribution in [3.63, 3.8) is 0 Å². The van der Waals surface area contributed by atoms with E-state index in [0.29, 0.717) is 0 Å². The first-order valence-electron chi connectivity index (χ1n) is 5.68. The minimum atomic E-state index is -9.12. The Kier molecular flexibility index (Phi) is 6.08. The quantitative estimate of drug-likeness (QED) is 0.420. The van der Waals surface area contributed by atoms with Gasteiger partial charge in [-0.2, -0.15) is 78.7 Å². The Morgan fingerprint density at radius 2 is 0.759 bits per heavy atom. The summed E-state index contributed by atoms with van der Waals surface area (Å²) in [7, 11) is -8.08. The fraction of sp³-hybridized carbons (Fsp3) is 1.00. The minimum absolute atomic E-state index is 7.72. The van der Waals surface area contributed by atoms with Gasteiger partial charge in [0, 0.05) is 0 Å². The summed E-state index contributed by atoms with van der Waals surface area (Å²) in [6.07, 6.45) is -16.5. The molecule has 0 bridgehead atoms. The van der Waals surface area contributed by atoms with Crippen LogP contribution in [-0.4, -0.2) is 59.9 Å². The first-order chi connectivity index (χ1) is 12.0. The third kappa shape index (κ3) is 3.26. The van der Waals surface area contributed by atoms with E-state index in [4.69, 9.17) is 4.55 Å². The summed E-state index contributed by atoms with van der Waals surface area (Å²) in [4.78, 5) is 0. The summed E-state index contributed by atoms with van der Waals surface area (Å²) >= 11 is 0. The number of halogens is 17. The zero-order valence-electron chi connectivity index (χ0n) is 12.1. The highest BCUT2D eigenvalue weighted by Gasteiger charge is 2.99. The Morgan fingerprint density at radius 1 is 0.448 bits per heavy atom. The van der Waals surface area contributed by atoms with Crippen molar-refractivity contribution in [2.75, 3.05) is 0 Å². The fourth-order valence-corrected chi connectivity index (χ4v) is 1.97. The second-order valence-corrected chi connectivity index (χ2v) is 6.41. The Morgan fingerprint density at radius 3 is 0.966 bits per heavy atom. The number of hydrogen-bond donors (Lipinski definition) is 1. The third-order valence-electron chi connectivity index (χ3n) is 3.09. The van der Waals surface area contributed by atoms with Gasteiger partial charge < -0.3 is 0 Å². The van der Waals surface area contributed by atoms with Crippen LogP contribution in [0.2, 0.25) is 0 Å². The zero-order valence-corrected chi connectivity index (χ0v) is 12.9. The molecule has 0 rings (SSSR count). The topological polar surface area (TPSA) is 54.4 Å². The molecule has 0 aromatic carbocycles. The summed E-state index contributed by atoms with van der Waals surface area (Å²) < 4.78 is 244. The monoisotopic (exact) mass is 500 g/mol. The molecule has 1 N–H and O–H groups in total. The van der Waals surface area contributed by atoms with Gasteiger partial charge in [0.1, 0.15) is 0 Å². The van der Waals surface area contributed by atoms with Crippen molar-refractivity contribution >= 4 is 10.1 Å². The lowest BCUT2D eigenvalue weighted by Gasteiger charge is -2.45. The summed E-state index contributed by atoms with van der Waals surface area (Å²) in [5, 5.41) is -8.09. The highest BCUT2D eigenvalue weighted by molar-refractivity contribution is 7.87. The van der Waals surface area contributed by atoms with E-state index in [0.717, 1.165) is 0 Å². The lowest BCUT2D eigenvalue weighted by atomic mass is 9.83. The average molecular weight is 500 g/mol. The molecule has 0 amide bonds. The summed E-state index contributed by atoms with van der Waals surface area (Å²) in [6.45, 7) is 0. The smallest absolute Gasteiger partial charge is 0.281 e. The number of alkyl halides is 17. The Hall–Kier alpha value is -1.28. The molecule has 0 aliphatic carbocycles. The summed E-state index contributed by atoms with van der Waals surface area (Å²) in [5.41, 5.74) is -9.11. The van der Waals surface area contributed by atoms with Gasteiger partial charge in [0.25, 0.3) is 0 Å². The van der Waals surface area contributed by atoms with Crippen molar-refractivity contribution < 1.29 is 87.6 Å². The van der Waals surface area contributed by atoms with Crippen LogP contribution in [0, 0.1) is 0 Å². The van der Waals surface area contributed by atoms with Crippen molar-refractivity contribution in [3.8, 4) is 0 Å². The normalized spacial score (nSPS) is 18.6. The molecule has 0 saturated heterocycles. The van der Waals surface area contributed by atoms with E-state index in [1.807, 2.05) is 0 Å². The predicted octanol–water partition coefficient (Wildman–Crippen LogP) is 4.84. The van der Waals surface area contributed by atoms with Crippen LogP contribution in [0.4, 0.5) is 74.6 Å². The fourth-order valence-electron chi connectivity index (χ4n) is 1.51. The third-order valence-corrected chi connectivity index (χ3v) is 3.99. The van der Waals surface area contributed by atoms with Gasteiger partial charge in [-0.15, -0.1) is 0 Å². The Balaban J connectivity index is 7.39. The van der Waals surface area contributed by atoms with E-state index < -0.39 is 57.1 Å². The molecule has 0 aliphatic rings. The zero-order chi connectivity index (χ0) is 24.5. The Bertz CT molecular complexity index is 731. The molecule has 176 valence electrons. The Labute approximate surface area is 146 Å². The van der Waals surface area contributed by atoms with Crippen LogP contribution in [-0.2, 0) is 10.1 Å². The molecule has 0 saturated carbocycles. The summed E-state index contributed by atoms with van der Waals surface area (Å²) in [5.74, 6) is -35.2. The second-order valence-electron chi connectivity index (χ2n) is 4.94. The van der Waals surface area contributed by atoms with Crippen molar-refractivity contribution in [3.05, 3.63) is 0 Å². The van der Waals surface area contributed by atoms with Crippen molar-refractivity contribution in [2.45, 2.75) is 47.0 Å². The van der Waals surface area contributed by atoms with Crippen LogP contribution in [0.3, 0.4) is 0 Å². The van der Waals surface area contributed by atoms with E-state index in [1.54, 1.807) is 0 Å². The molecule has 0 radical (unpaired) electrons. The first kappa shape index (κ1) is 27.7. The molecule has 0 fully saturated rings. The van der Waals surface area contributed by atoms with Gasteiger partial charge in [-0.05, 0) is 0 Å². The molecule has 0 aromatic rings. The SMILES string of the molecule is O=S(=O)(O)C(F)(F)C(F)(F)C(F)(C(F)(F)F)C(F)(F)C(F)(F)C(F)(F)C(F)(F)F.